The lowest BCUT2D eigenvalue weighted by molar-refractivity contribution is -0.384. The second-order valence-electron chi connectivity index (χ2n) is 4.13. The van der Waals surface area contributed by atoms with Gasteiger partial charge in [-0.1, -0.05) is 12.1 Å². The van der Waals surface area contributed by atoms with Crippen LogP contribution in [0.3, 0.4) is 0 Å². The molecule has 1 aliphatic heterocycles. The minimum atomic E-state index is -1.71. The van der Waals surface area contributed by atoms with E-state index in [-0.39, 0.29) is 5.69 Å². The van der Waals surface area contributed by atoms with Crippen molar-refractivity contribution in [3.63, 3.8) is 0 Å². The molecule has 1 aromatic rings. The van der Waals surface area contributed by atoms with Gasteiger partial charge >= 0.3 is 5.91 Å². The van der Waals surface area contributed by atoms with Crippen molar-refractivity contribution in [3.8, 4) is 0 Å². The predicted octanol–water partition coefficient (Wildman–Crippen LogP) is 0.242. The third-order valence-corrected chi connectivity index (χ3v) is 2.87. The highest BCUT2D eigenvalue weighted by atomic mass is 16.6. The Kier molecular flexibility index (Phi) is 3.15. The van der Waals surface area contributed by atoms with Crippen LogP contribution in [0.25, 0.3) is 0 Å². The summed E-state index contributed by atoms with van der Waals surface area (Å²) in [5, 5.41) is 10.9. The van der Waals surface area contributed by atoms with Gasteiger partial charge in [-0.3, -0.25) is 29.3 Å². The van der Waals surface area contributed by atoms with Crippen LogP contribution in [0.1, 0.15) is 6.92 Å². The van der Waals surface area contributed by atoms with E-state index in [2.05, 4.69) is 0 Å². The lowest BCUT2D eigenvalue weighted by Gasteiger charge is -2.13. The first-order chi connectivity index (χ1) is 9.36. The summed E-state index contributed by atoms with van der Waals surface area (Å²) >= 11 is 0. The number of carbonyl (C=O) groups is 4. The number of nitro groups is 1. The first-order valence-corrected chi connectivity index (χ1v) is 5.52. The van der Waals surface area contributed by atoms with Crippen molar-refractivity contribution in [2.75, 3.05) is 4.90 Å². The van der Waals surface area contributed by atoms with Crippen LogP contribution < -0.4 is 4.90 Å². The molecule has 1 aromatic carbocycles. The molecule has 0 aromatic heterocycles. The van der Waals surface area contributed by atoms with E-state index in [9.17, 15) is 29.3 Å². The van der Waals surface area contributed by atoms with Crippen LogP contribution in [0.2, 0.25) is 0 Å². The van der Waals surface area contributed by atoms with E-state index in [1.807, 2.05) is 0 Å². The number of para-hydroxylation sites is 2. The summed E-state index contributed by atoms with van der Waals surface area (Å²) < 4.78 is 0. The van der Waals surface area contributed by atoms with Crippen molar-refractivity contribution in [3.05, 3.63) is 34.4 Å². The maximum atomic E-state index is 12.0. The first-order valence-electron chi connectivity index (χ1n) is 5.52. The summed E-state index contributed by atoms with van der Waals surface area (Å²) in [5.41, 5.74) is -0.809. The molecule has 8 nitrogen and oxygen atoms in total. The van der Waals surface area contributed by atoms with Crippen LogP contribution >= 0.6 is 0 Å². The Balaban J connectivity index is 2.57. The highest BCUT2D eigenvalue weighted by Gasteiger charge is 2.51. The molecule has 102 valence electrons. The number of nitro benzene ring substituents is 1. The maximum absolute atomic E-state index is 12.0. The Morgan fingerprint density at radius 3 is 2.35 bits per heavy atom. The molecule has 0 radical (unpaired) electrons. The molecule has 8 heteroatoms. The van der Waals surface area contributed by atoms with Gasteiger partial charge in [-0.25, -0.2) is 4.90 Å². The number of ketones is 2. The highest BCUT2D eigenvalue weighted by Crippen LogP contribution is 2.32. The molecule has 0 aliphatic carbocycles. The standard InChI is InChI=1S/C12H8N2O6/c1-6(15)9-10(16)12(18)13(11(9)17)7-4-2-3-5-8(7)14(19)20/h2-5,9H,1H3. The second kappa shape index (κ2) is 4.65. The van der Waals surface area contributed by atoms with E-state index in [1.165, 1.54) is 18.2 Å². The van der Waals surface area contributed by atoms with Crippen molar-refractivity contribution in [2.45, 2.75) is 6.92 Å². The lowest BCUT2D eigenvalue weighted by Crippen LogP contribution is -2.32. The number of Topliss-reactive ketones (excluding diaryl/α,β-unsaturated/α-hetero) is 2. The van der Waals surface area contributed by atoms with Gasteiger partial charge in [0.2, 0.25) is 5.78 Å². The zero-order valence-corrected chi connectivity index (χ0v) is 10.2. The molecule has 1 aliphatic rings. The molecule has 2 rings (SSSR count). The van der Waals surface area contributed by atoms with Crippen molar-refractivity contribution in [1.29, 1.82) is 0 Å². The normalized spacial score (nSPS) is 18.6. The zero-order chi connectivity index (χ0) is 15.0. The number of imide groups is 1. The van der Waals surface area contributed by atoms with Gasteiger partial charge in [-0.05, 0) is 13.0 Å². The van der Waals surface area contributed by atoms with Crippen LogP contribution in [0.15, 0.2) is 24.3 Å². The van der Waals surface area contributed by atoms with Gasteiger partial charge in [0.15, 0.2) is 5.92 Å². The Morgan fingerprint density at radius 2 is 1.85 bits per heavy atom. The fourth-order valence-electron chi connectivity index (χ4n) is 1.97. The third-order valence-electron chi connectivity index (χ3n) is 2.87. The van der Waals surface area contributed by atoms with Crippen LogP contribution in [0.5, 0.6) is 0 Å². The molecule has 0 bridgehead atoms. The predicted molar refractivity (Wildman–Crippen MR) is 64.8 cm³/mol. The molecule has 0 saturated carbocycles. The Hall–Kier alpha value is -2.90. The molecule has 20 heavy (non-hydrogen) atoms. The average Bonchev–Trinajstić information content (AvgIpc) is 2.60. The summed E-state index contributed by atoms with van der Waals surface area (Å²) in [5.74, 6) is -5.93. The second-order valence-corrected chi connectivity index (χ2v) is 4.13. The molecule has 1 unspecified atom stereocenters. The Labute approximate surface area is 112 Å². The molecule has 1 saturated heterocycles. The minimum absolute atomic E-state index is 0.315. The smallest absolute Gasteiger partial charge is 0.299 e. The lowest BCUT2D eigenvalue weighted by atomic mass is 10.0. The van der Waals surface area contributed by atoms with E-state index in [1.54, 1.807) is 0 Å². The molecule has 0 N–H and O–H groups in total. The minimum Gasteiger partial charge on any atom is -0.299 e. The van der Waals surface area contributed by atoms with Crippen LogP contribution in [-0.4, -0.2) is 28.3 Å². The van der Waals surface area contributed by atoms with E-state index < -0.39 is 39.9 Å². The molecule has 1 atom stereocenters. The number of hydrogen-bond acceptors (Lipinski definition) is 6. The van der Waals surface area contributed by atoms with Gasteiger partial charge < -0.3 is 0 Å². The molecular weight excluding hydrogens is 268 g/mol. The van der Waals surface area contributed by atoms with E-state index >= 15 is 0 Å². The number of hydrogen-bond donors (Lipinski definition) is 0. The number of rotatable bonds is 3. The van der Waals surface area contributed by atoms with Crippen molar-refractivity contribution in [1.82, 2.24) is 0 Å². The third kappa shape index (κ3) is 1.87. The van der Waals surface area contributed by atoms with Crippen molar-refractivity contribution < 1.29 is 24.1 Å². The summed E-state index contributed by atoms with van der Waals surface area (Å²) in [6.45, 7) is 1.01. The molecule has 1 heterocycles. The van der Waals surface area contributed by atoms with Crippen molar-refractivity contribution >= 4 is 34.8 Å². The maximum Gasteiger partial charge on any atom is 0.302 e. The topological polar surface area (TPSA) is 115 Å². The molecule has 1 fully saturated rings. The largest absolute Gasteiger partial charge is 0.302 e. The van der Waals surface area contributed by atoms with Crippen LogP contribution in [0, 0.1) is 16.0 Å². The zero-order valence-electron chi connectivity index (χ0n) is 10.2. The molecule has 0 spiro atoms. The Morgan fingerprint density at radius 1 is 1.25 bits per heavy atom. The van der Waals surface area contributed by atoms with Crippen molar-refractivity contribution in [2.24, 2.45) is 5.92 Å². The number of benzene rings is 1. The van der Waals surface area contributed by atoms with Gasteiger partial charge in [0, 0.05) is 6.07 Å². The fraction of sp³-hybridized carbons (Fsp3) is 0.167. The number of anilines is 1. The summed E-state index contributed by atoms with van der Waals surface area (Å²) in [4.78, 5) is 57.2. The van der Waals surface area contributed by atoms with E-state index in [0.717, 1.165) is 13.0 Å². The first kappa shape index (κ1) is 13.5. The highest BCUT2D eigenvalue weighted by molar-refractivity contribution is 6.59. The molecular formula is C12H8N2O6. The van der Waals surface area contributed by atoms with E-state index in [4.69, 9.17) is 0 Å². The number of carbonyl (C=O) groups excluding carboxylic acids is 4. The summed E-state index contributed by atoms with van der Waals surface area (Å²) in [6.07, 6.45) is 0. The van der Waals surface area contributed by atoms with Gasteiger partial charge in [0.25, 0.3) is 11.6 Å². The summed E-state index contributed by atoms with van der Waals surface area (Å²) in [7, 11) is 0. The van der Waals surface area contributed by atoms with Gasteiger partial charge in [-0.2, -0.15) is 0 Å². The van der Waals surface area contributed by atoms with E-state index in [0.29, 0.717) is 4.90 Å². The quantitative estimate of drug-likeness (QED) is 0.257. The van der Waals surface area contributed by atoms with Gasteiger partial charge in [0.05, 0.1) is 4.92 Å². The number of nitrogens with zero attached hydrogens (tertiary/aromatic N) is 2. The van der Waals surface area contributed by atoms with Crippen LogP contribution in [-0.2, 0) is 19.2 Å². The van der Waals surface area contributed by atoms with Crippen LogP contribution in [0.4, 0.5) is 11.4 Å². The monoisotopic (exact) mass is 276 g/mol. The Bertz CT molecular complexity index is 666. The fourth-order valence-corrected chi connectivity index (χ4v) is 1.97. The average molecular weight is 276 g/mol. The van der Waals surface area contributed by atoms with Gasteiger partial charge in [0.1, 0.15) is 11.5 Å². The molecule has 2 amide bonds. The number of amides is 2. The summed E-state index contributed by atoms with van der Waals surface area (Å²) in [6, 6.07) is 5.01. The SMILES string of the molecule is CC(=O)C1C(=O)C(=O)N(c2ccccc2[N+](=O)[O-])C1=O. The van der Waals surface area contributed by atoms with Gasteiger partial charge in [-0.15, -0.1) is 0 Å².